The Morgan fingerprint density at radius 3 is 2.23 bits per heavy atom. The predicted octanol–water partition coefficient (Wildman–Crippen LogP) is 3.38. The zero-order chi connectivity index (χ0) is 19.2. The number of para-hydroxylation sites is 1. The van der Waals surface area contributed by atoms with Crippen molar-refractivity contribution in [3.8, 4) is 0 Å². The second-order valence-corrected chi connectivity index (χ2v) is 7.72. The molecule has 0 radical (unpaired) electrons. The van der Waals surface area contributed by atoms with Gasteiger partial charge >= 0.3 is 6.18 Å². The van der Waals surface area contributed by atoms with Gasteiger partial charge in [0, 0.05) is 6.42 Å². The summed E-state index contributed by atoms with van der Waals surface area (Å²) < 4.78 is 63.9. The van der Waals surface area contributed by atoms with Crippen molar-refractivity contribution in [2.75, 3.05) is 5.01 Å². The van der Waals surface area contributed by atoms with Crippen LogP contribution in [0.3, 0.4) is 0 Å². The van der Waals surface area contributed by atoms with Crippen molar-refractivity contribution >= 4 is 21.4 Å². The van der Waals surface area contributed by atoms with Crippen molar-refractivity contribution in [1.29, 1.82) is 0 Å². The zero-order valence-electron chi connectivity index (χ0n) is 13.7. The van der Waals surface area contributed by atoms with Crippen LogP contribution in [-0.2, 0) is 15.6 Å². The Hall–Kier alpha value is -2.39. The van der Waals surface area contributed by atoms with E-state index in [4.69, 9.17) is 5.14 Å². The maximum absolute atomic E-state index is 13.3. The fourth-order valence-electron chi connectivity index (χ4n) is 3.04. The first-order valence-corrected chi connectivity index (χ1v) is 9.20. The van der Waals surface area contributed by atoms with E-state index in [-0.39, 0.29) is 10.6 Å². The van der Waals surface area contributed by atoms with Crippen LogP contribution in [0.15, 0.2) is 64.6 Å². The van der Waals surface area contributed by atoms with E-state index in [0.29, 0.717) is 5.56 Å². The molecule has 0 bridgehead atoms. The summed E-state index contributed by atoms with van der Waals surface area (Å²) in [4.78, 5) is -0.283. The number of hydrogen-bond donors (Lipinski definition) is 1. The Bertz CT molecular complexity index is 959. The molecule has 1 unspecified atom stereocenters. The number of nitrogens with zero attached hydrogens (tertiary/aromatic N) is 2. The van der Waals surface area contributed by atoms with Crippen molar-refractivity contribution < 1.29 is 21.6 Å². The number of sulfonamides is 1. The molecule has 9 heteroatoms. The Labute approximate surface area is 149 Å². The zero-order valence-corrected chi connectivity index (χ0v) is 14.6. The first-order valence-electron chi connectivity index (χ1n) is 7.66. The molecule has 2 aromatic carbocycles. The molecule has 138 valence electrons. The smallest absolute Gasteiger partial charge is 0.253 e. The molecular weight excluding hydrogens is 367 g/mol. The molecule has 0 aromatic heterocycles. The molecule has 1 atom stereocenters. The van der Waals surface area contributed by atoms with Crippen LogP contribution < -0.4 is 10.1 Å². The number of anilines is 1. The van der Waals surface area contributed by atoms with Crippen LogP contribution >= 0.6 is 0 Å². The number of nitrogens with two attached hydrogens (primary N) is 1. The number of hydrazone groups is 1. The highest BCUT2D eigenvalue weighted by Crippen LogP contribution is 2.45. The molecule has 3 rings (SSSR count). The van der Waals surface area contributed by atoms with Gasteiger partial charge in [0.25, 0.3) is 0 Å². The highest BCUT2D eigenvalue weighted by molar-refractivity contribution is 7.89. The van der Waals surface area contributed by atoms with Crippen LogP contribution in [0.2, 0.25) is 0 Å². The third-order valence-electron chi connectivity index (χ3n) is 4.32. The summed E-state index contributed by atoms with van der Waals surface area (Å²) >= 11 is 0. The van der Waals surface area contributed by atoms with Crippen LogP contribution in [0.4, 0.5) is 18.9 Å². The minimum Gasteiger partial charge on any atom is -0.253 e. The summed E-state index contributed by atoms with van der Waals surface area (Å²) in [7, 11) is -4.15. The van der Waals surface area contributed by atoms with E-state index >= 15 is 0 Å². The highest BCUT2D eigenvalue weighted by atomic mass is 32.2. The van der Waals surface area contributed by atoms with Gasteiger partial charge in [-0.3, -0.25) is 5.01 Å². The minimum atomic E-state index is -4.62. The Morgan fingerprint density at radius 1 is 1.08 bits per heavy atom. The average molecular weight is 383 g/mol. The fraction of sp³-hybridized carbons (Fsp3) is 0.235. The van der Waals surface area contributed by atoms with E-state index < -0.39 is 33.9 Å². The van der Waals surface area contributed by atoms with Gasteiger partial charge in [-0.2, -0.15) is 18.3 Å². The molecule has 0 aliphatic carbocycles. The highest BCUT2D eigenvalue weighted by Gasteiger charge is 2.50. The van der Waals surface area contributed by atoms with Gasteiger partial charge in [-0.05, 0) is 24.6 Å². The van der Waals surface area contributed by atoms with Gasteiger partial charge in [-0.15, -0.1) is 0 Å². The van der Waals surface area contributed by atoms with E-state index in [1.807, 2.05) is 0 Å². The fourth-order valence-corrected chi connectivity index (χ4v) is 3.75. The molecule has 26 heavy (non-hydrogen) atoms. The second kappa shape index (κ2) is 6.10. The van der Waals surface area contributed by atoms with Crippen molar-refractivity contribution in [3.63, 3.8) is 0 Å². The summed E-state index contributed by atoms with van der Waals surface area (Å²) in [5, 5.41) is 10.1. The lowest BCUT2D eigenvalue weighted by Gasteiger charge is -2.35. The van der Waals surface area contributed by atoms with Gasteiger partial charge in [-0.1, -0.05) is 42.5 Å². The molecule has 0 saturated carbocycles. The largest absolute Gasteiger partial charge is 0.431 e. The second-order valence-electron chi connectivity index (χ2n) is 6.19. The van der Waals surface area contributed by atoms with Gasteiger partial charge in [-0.25, -0.2) is 13.6 Å². The van der Waals surface area contributed by atoms with E-state index in [1.165, 1.54) is 24.3 Å². The van der Waals surface area contributed by atoms with Crippen molar-refractivity contribution in [1.82, 2.24) is 0 Å². The molecule has 1 aliphatic heterocycles. The molecule has 0 saturated heterocycles. The maximum Gasteiger partial charge on any atom is 0.431 e. The summed E-state index contributed by atoms with van der Waals surface area (Å²) in [5.41, 5.74) is -1.62. The van der Waals surface area contributed by atoms with Crippen molar-refractivity contribution in [2.45, 2.75) is 30.0 Å². The predicted molar refractivity (Wildman–Crippen MR) is 92.2 cm³/mol. The Balaban J connectivity index is 2.24. The van der Waals surface area contributed by atoms with Crippen LogP contribution in [0.1, 0.15) is 18.9 Å². The molecule has 2 aromatic rings. The standard InChI is InChI=1S/C17H16F3N3O2S/c1-16(12-7-3-2-4-8-12)11-15(17(18,19)20)22-23(16)13-9-5-6-10-14(13)26(21,24)25/h2-10H,11H2,1H3,(H2,21,24,25). The van der Waals surface area contributed by atoms with Gasteiger partial charge in [0.05, 0.1) is 11.2 Å². The van der Waals surface area contributed by atoms with Crippen LogP contribution in [0.5, 0.6) is 0 Å². The Kier molecular flexibility index (Phi) is 4.32. The summed E-state index contributed by atoms with van der Waals surface area (Å²) in [6, 6.07) is 14.1. The number of rotatable bonds is 3. The number of halogens is 3. The van der Waals surface area contributed by atoms with E-state index in [1.54, 1.807) is 37.3 Å². The number of primary sulfonamides is 1. The summed E-state index contributed by atoms with van der Waals surface area (Å²) in [6.07, 6.45) is -5.04. The number of alkyl halides is 3. The molecule has 1 aliphatic rings. The maximum atomic E-state index is 13.3. The molecule has 5 nitrogen and oxygen atoms in total. The van der Waals surface area contributed by atoms with Gasteiger partial charge < -0.3 is 0 Å². The van der Waals surface area contributed by atoms with Gasteiger partial charge in [0.1, 0.15) is 10.6 Å². The van der Waals surface area contributed by atoms with E-state index in [9.17, 15) is 21.6 Å². The van der Waals surface area contributed by atoms with Crippen molar-refractivity contribution in [2.24, 2.45) is 10.2 Å². The molecule has 2 N–H and O–H groups in total. The van der Waals surface area contributed by atoms with Crippen LogP contribution in [0, 0.1) is 0 Å². The molecule has 0 amide bonds. The lowest BCUT2D eigenvalue weighted by atomic mass is 9.86. The Morgan fingerprint density at radius 2 is 1.65 bits per heavy atom. The van der Waals surface area contributed by atoms with Crippen LogP contribution in [-0.4, -0.2) is 20.3 Å². The average Bonchev–Trinajstić information content (AvgIpc) is 2.94. The van der Waals surface area contributed by atoms with Crippen molar-refractivity contribution in [3.05, 3.63) is 60.2 Å². The minimum absolute atomic E-state index is 0.000558. The molecule has 0 spiro atoms. The summed E-state index contributed by atoms with van der Waals surface area (Å²) in [5.74, 6) is 0. The number of hydrogen-bond acceptors (Lipinski definition) is 4. The lowest BCUT2D eigenvalue weighted by molar-refractivity contribution is -0.0603. The third kappa shape index (κ3) is 3.19. The summed E-state index contributed by atoms with van der Waals surface area (Å²) in [6.45, 7) is 1.59. The monoisotopic (exact) mass is 383 g/mol. The SMILES string of the molecule is CC1(c2ccccc2)CC(C(F)(F)F)=NN1c1ccccc1S(N)(=O)=O. The first-order chi connectivity index (χ1) is 12.0. The number of benzene rings is 2. The molecule has 0 fully saturated rings. The van der Waals surface area contributed by atoms with E-state index in [2.05, 4.69) is 5.10 Å². The van der Waals surface area contributed by atoms with E-state index in [0.717, 1.165) is 5.01 Å². The third-order valence-corrected chi connectivity index (χ3v) is 5.28. The van der Waals surface area contributed by atoms with Gasteiger partial charge in [0.2, 0.25) is 10.0 Å². The quantitative estimate of drug-likeness (QED) is 0.883. The molecule has 1 heterocycles. The first kappa shape index (κ1) is 18.4. The lowest BCUT2D eigenvalue weighted by Crippen LogP contribution is -2.38. The van der Waals surface area contributed by atoms with Gasteiger partial charge in [0.15, 0.2) is 0 Å². The normalized spacial score (nSPS) is 21.0. The van der Waals surface area contributed by atoms with Crippen LogP contribution in [0.25, 0.3) is 0 Å². The topological polar surface area (TPSA) is 75.8 Å². The molecular formula is C17H16F3N3O2S.